The molecular formula is C27H42N4O4. The van der Waals surface area contributed by atoms with E-state index in [9.17, 15) is 14.4 Å². The zero-order valence-corrected chi connectivity index (χ0v) is 22.1. The quantitative estimate of drug-likeness (QED) is 0.452. The molecule has 3 rings (SSSR count). The van der Waals surface area contributed by atoms with Crippen LogP contribution in [0.3, 0.4) is 0 Å². The summed E-state index contributed by atoms with van der Waals surface area (Å²) >= 11 is 0. The van der Waals surface area contributed by atoms with Gasteiger partial charge in [0.15, 0.2) is 0 Å². The third kappa shape index (κ3) is 7.56. The van der Waals surface area contributed by atoms with Crippen molar-refractivity contribution in [3.05, 3.63) is 36.0 Å². The average Bonchev–Trinajstić information content (AvgIpc) is 2.84. The van der Waals surface area contributed by atoms with Gasteiger partial charge in [-0.2, -0.15) is 0 Å². The van der Waals surface area contributed by atoms with Crippen LogP contribution in [-0.2, 0) is 14.4 Å². The Bertz CT molecular complexity index is 884. The Morgan fingerprint density at radius 3 is 2.23 bits per heavy atom. The molecule has 0 spiro atoms. The molecular weight excluding hydrogens is 444 g/mol. The number of ether oxygens (including phenoxy) is 1. The third-order valence-corrected chi connectivity index (χ3v) is 6.82. The number of rotatable bonds is 8. The smallest absolute Gasteiger partial charge is 0.247 e. The van der Waals surface area contributed by atoms with Crippen LogP contribution in [0.5, 0.6) is 5.75 Å². The van der Waals surface area contributed by atoms with Crippen molar-refractivity contribution >= 4 is 23.8 Å². The molecule has 0 aliphatic carbocycles. The Balaban J connectivity index is 2.52. The van der Waals surface area contributed by atoms with Gasteiger partial charge in [-0.25, -0.2) is 0 Å². The Kier molecular flexibility index (Phi) is 10.8. The first-order valence-corrected chi connectivity index (χ1v) is 12.6. The second kappa shape index (κ2) is 13.3. The molecule has 0 radical (unpaired) electrons. The summed E-state index contributed by atoms with van der Waals surface area (Å²) in [7, 11) is 1.73. The Morgan fingerprint density at radius 2 is 1.69 bits per heavy atom. The number of likely N-dealkylation sites (N-methyl/N-ethyl adjacent to an activating group) is 1. The van der Waals surface area contributed by atoms with Crippen molar-refractivity contribution in [2.24, 2.45) is 17.8 Å². The fourth-order valence-electron chi connectivity index (χ4n) is 4.11. The highest BCUT2D eigenvalue weighted by Crippen LogP contribution is 2.21. The number of hydrogen-bond donors (Lipinski definition) is 4. The molecule has 1 aromatic carbocycles. The van der Waals surface area contributed by atoms with Crippen LogP contribution in [0.1, 0.15) is 59.9 Å². The molecule has 6 unspecified atom stereocenters. The highest BCUT2D eigenvalue weighted by atomic mass is 16.5. The van der Waals surface area contributed by atoms with Gasteiger partial charge < -0.3 is 26.0 Å². The maximum absolute atomic E-state index is 13.7. The zero-order chi connectivity index (χ0) is 26.1. The number of carbonyl (C=O) groups is 3. The fourth-order valence-corrected chi connectivity index (χ4v) is 4.11. The SMILES string of the molecule is CCC(C)C(NC)C(=O)NC1C(=O)NC(C(C)CC)C(=O)NC=Cc2ccc(cc2)OC1C(C)C. The largest absolute Gasteiger partial charge is 0.487 e. The summed E-state index contributed by atoms with van der Waals surface area (Å²) in [5, 5.41) is 11.7. The lowest BCUT2D eigenvalue weighted by Crippen LogP contribution is -2.62. The number of fused-ring (bicyclic) bond motifs is 10. The summed E-state index contributed by atoms with van der Waals surface area (Å²) < 4.78 is 6.29. The second-order valence-electron chi connectivity index (χ2n) is 9.75. The van der Waals surface area contributed by atoms with Crippen molar-refractivity contribution in [3.8, 4) is 5.75 Å². The van der Waals surface area contributed by atoms with Crippen LogP contribution in [0, 0.1) is 17.8 Å². The maximum atomic E-state index is 13.7. The Morgan fingerprint density at radius 1 is 1.03 bits per heavy atom. The Labute approximate surface area is 209 Å². The first-order chi connectivity index (χ1) is 16.6. The van der Waals surface area contributed by atoms with Crippen LogP contribution in [0.15, 0.2) is 30.5 Å². The molecule has 8 nitrogen and oxygen atoms in total. The van der Waals surface area contributed by atoms with Gasteiger partial charge in [0.1, 0.15) is 23.9 Å². The van der Waals surface area contributed by atoms with Gasteiger partial charge in [0.05, 0.1) is 6.04 Å². The van der Waals surface area contributed by atoms with Crippen LogP contribution in [-0.4, -0.2) is 49.0 Å². The predicted octanol–water partition coefficient (Wildman–Crippen LogP) is 2.84. The van der Waals surface area contributed by atoms with Crippen LogP contribution in [0.25, 0.3) is 6.08 Å². The molecule has 1 aromatic rings. The summed E-state index contributed by atoms with van der Waals surface area (Å²) in [4.78, 5) is 40.0. The topological polar surface area (TPSA) is 109 Å². The Hall–Kier alpha value is -2.87. The molecule has 2 bridgehead atoms. The summed E-state index contributed by atoms with van der Waals surface area (Å²) in [5.41, 5.74) is 0.898. The van der Waals surface area contributed by atoms with Gasteiger partial charge >= 0.3 is 0 Å². The minimum absolute atomic E-state index is 0.0676. The van der Waals surface area contributed by atoms with Crippen molar-refractivity contribution < 1.29 is 19.1 Å². The van der Waals surface area contributed by atoms with Gasteiger partial charge in [-0.1, -0.05) is 66.5 Å². The molecule has 2 aliphatic rings. The standard InChI is InChI=1S/C27H42N4O4/c1-8-17(5)21(28-7)26(33)31-23-24(16(3)4)35-20-12-10-19(11-13-20)14-15-29-25(32)22(18(6)9-2)30-27(23)34/h10-18,21-24,28H,8-9H2,1-7H3,(H,29,32)(H,30,34)(H,31,33). The molecule has 0 fully saturated rings. The van der Waals surface area contributed by atoms with E-state index in [0.717, 1.165) is 12.0 Å². The molecule has 35 heavy (non-hydrogen) atoms. The van der Waals surface area contributed by atoms with E-state index >= 15 is 0 Å². The van der Waals surface area contributed by atoms with Crippen molar-refractivity contribution in [1.82, 2.24) is 21.3 Å². The maximum Gasteiger partial charge on any atom is 0.247 e. The minimum atomic E-state index is -1.00. The first kappa shape index (κ1) is 28.4. The van der Waals surface area contributed by atoms with E-state index in [1.165, 1.54) is 0 Å². The number of hydrogen-bond acceptors (Lipinski definition) is 5. The number of nitrogens with one attached hydrogen (secondary N) is 4. The van der Waals surface area contributed by atoms with E-state index in [1.807, 2.05) is 65.8 Å². The number of benzene rings is 1. The van der Waals surface area contributed by atoms with E-state index in [0.29, 0.717) is 12.2 Å². The lowest BCUT2D eigenvalue weighted by atomic mass is 9.94. The van der Waals surface area contributed by atoms with Crippen molar-refractivity contribution in [3.63, 3.8) is 0 Å². The molecule has 0 saturated heterocycles. The van der Waals surface area contributed by atoms with Gasteiger partial charge in [0, 0.05) is 6.20 Å². The van der Waals surface area contributed by atoms with Gasteiger partial charge in [-0.05, 0) is 48.6 Å². The van der Waals surface area contributed by atoms with Crippen LogP contribution in [0.4, 0.5) is 0 Å². The van der Waals surface area contributed by atoms with E-state index in [-0.39, 0.29) is 29.6 Å². The molecule has 2 heterocycles. The van der Waals surface area contributed by atoms with E-state index in [2.05, 4.69) is 21.3 Å². The number of amides is 3. The molecule has 6 atom stereocenters. The van der Waals surface area contributed by atoms with E-state index in [1.54, 1.807) is 19.3 Å². The summed E-state index contributed by atoms with van der Waals surface area (Å²) in [5.74, 6) is -0.589. The predicted molar refractivity (Wildman–Crippen MR) is 138 cm³/mol. The van der Waals surface area contributed by atoms with Gasteiger partial charge in [-0.15, -0.1) is 0 Å². The van der Waals surface area contributed by atoms with Crippen molar-refractivity contribution in [2.75, 3.05) is 7.05 Å². The van der Waals surface area contributed by atoms with E-state index in [4.69, 9.17) is 4.74 Å². The first-order valence-electron chi connectivity index (χ1n) is 12.6. The molecule has 0 aromatic heterocycles. The minimum Gasteiger partial charge on any atom is -0.487 e. The summed E-state index contributed by atoms with van der Waals surface area (Å²) in [6.45, 7) is 11.8. The van der Waals surface area contributed by atoms with Gasteiger partial charge in [0.2, 0.25) is 17.7 Å². The average molecular weight is 487 g/mol. The number of carbonyl (C=O) groups excluding carboxylic acids is 3. The van der Waals surface area contributed by atoms with E-state index < -0.39 is 30.1 Å². The molecule has 0 saturated carbocycles. The molecule has 2 aliphatic heterocycles. The second-order valence-corrected chi connectivity index (χ2v) is 9.75. The monoisotopic (exact) mass is 486 g/mol. The van der Waals surface area contributed by atoms with Gasteiger partial charge in [-0.3, -0.25) is 14.4 Å². The lowest BCUT2D eigenvalue weighted by molar-refractivity contribution is -0.136. The molecule has 8 heteroatoms. The summed E-state index contributed by atoms with van der Waals surface area (Å²) in [6, 6.07) is 5.16. The highest BCUT2D eigenvalue weighted by molar-refractivity contribution is 5.94. The van der Waals surface area contributed by atoms with Crippen molar-refractivity contribution in [1.29, 1.82) is 0 Å². The normalized spacial score (nSPS) is 23.5. The van der Waals surface area contributed by atoms with Crippen molar-refractivity contribution in [2.45, 2.75) is 78.6 Å². The van der Waals surface area contributed by atoms with Crippen LogP contribution < -0.4 is 26.0 Å². The van der Waals surface area contributed by atoms with Crippen LogP contribution >= 0.6 is 0 Å². The third-order valence-electron chi connectivity index (χ3n) is 6.82. The molecule has 194 valence electrons. The molecule has 3 amide bonds. The lowest BCUT2D eigenvalue weighted by Gasteiger charge is -2.34. The van der Waals surface area contributed by atoms with Crippen LogP contribution in [0.2, 0.25) is 0 Å². The van der Waals surface area contributed by atoms with Gasteiger partial charge in [0.25, 0.3) is 0 Å². The fraction of sp³-hybridized carbons (Fsp3) is 0.593. The summed E-state index contributed by atoms with van der Waals surface area (Å²) in [6.07, 6.45) is 4.21. The highest BCUT2D eigenvalue weighted by Gasteiger charge is 2.38. The zero-order valence-electron chi connectivity index (χ0n) is 22.1. The molecule has 4 N–H and O–H groups in total.